The molecule has 0 radical (unpaired) electrons. The van der Waals surface area contributed by atoms with E-state index in [9.17, 15) is 0 Å². The molecule has 2 saturated heterocycles. The summed E-state index contributed by atoms with van der Waals surface area (Å²) in [4.78, 5) is 2.50. The van der Waals surface area contributed by atoms with Gasteiger partial charge in [0, 0.05) is 17.5 Å². The molecule has 17 heavy (non-hydrogen) atoms. The van der Waals surface area contributed by atoms with E-state index in [4.69, 9.17) is 27.9 Å². The van der Waals surface area contributed by atoms with Crippen molar-refractivity contribution in [3.63, 3.8) is 0 Å². The molecule has 0 aliphatic carbocycles. The quantitative estimate of drug-likeness (QED) is 0.815. The largest absolute Gasteiger partial charge is 0.479 e. The Hall–Kier alpha value is 0.0400. The van der Waals surface area contributed by atoms with E-state index in [0.717, 1.165) is 17.9 Å². The summed E-state index contributed by atoms with van der Waals surface area (Å²) < 4.78 is 6.01. The smallest absolute Gasteiger partial charge is 0.194 e. The van der Waals surface area contributed by atoms with Crippen molar-refractivity contribution in [3.05, 3.63) is 15.4 Å². The summed E-state index contributed by atoms with van der Waals surface area (Å²) in [5.74, 6) is 0. The van der Waals surface area contributed by atoms with E-state index >= 15 is 0 Å². The molecule has 0 unspecified atom stereocenters. The zero-order chi connectivity index (χ0) is 12.0. The Bertz CT molecular complexity index is 409. The predicted molar refractivity (Wildman–Crippen MR) is 72.6 cm³/mol. The normalized spacial score (nSPS) is 33.0. The second kappa shape index (κ2) is 4.61. The average Bonchev–Trinajstić information content (AvgIpc) is 2.73. The number of rotatable bonds is 2. The Morgan fingerprint density at radius 3 is 2.47 bits per heavy atom. The number of thiophene rings is 1. The second-order valence-electron chi connectivity index (χ2n) is 4.95. The predicted octanol–water partition coefficient (Wildman–Crippen LogP) is 4.06. The fourth-order valence-corrected chi connectivity index (χ4v) is 4.30. The molecule has 2 fully saturated rings. The van der Waals surface area contributed by atoms with Crippen LogP contribution in [-0.2, 0) is 0 Å². The zero-order valence-electron chi connectivity index (χ0n) is 9.66. The molecule has 0 aromatic carbocycles. The van der Waals surface area contributed by atoms with Crippen LogP contribution in [0.25, 0.3) is 0 Å². The lowest BCUT2D eigenvalue weighted by Crippen LogP contribution is -2.43. The Balaban J connectivity index is 1.69. The molecule has 2 nitrogen and oxygen atoms in total. The van der Waals surface area contributed by atoms with Crippen LogP contribution in [0.1, 0.15) is 25.7 Å². The molecule has 94 valence electrons. The molecule has 2 aliphatic rings. The topological polar surface area (TPSA) is 12.5 Å². The molecule has 0 spiro atoms. The summed E-state index contributed by atoms with van der Waals surface area (Å²) >= 11 is 13.5. The second-order valence-corrected chi connectivity index (χ2v) is 6.57. The van der Waals surface area contributed by atoms with E-state index in [1.165, 1.54) is 24.2 Å². The first-order chi connectivity index (χ1) is 8.15. The van der Waals surface area contributed by atoms with Gasteiger partial charge in [0.2, 0.25) is 0 Å². The number of fused-ring (bicyclic) bond motifs is 2. The molecule has 1 aromatic heterocycles. The summed E-state index contributed by atoms with van der Waals surface area (Å²) in [6.07, 6.45) is 5.13. The van der Waals surface area contributed by atoms with Crippen molar-refractivity contribution < 1.29 is 4.74 Å². The zero-order valence-corrected chi connectivity index (χ0v) is 12.0. The van der Waals surface area contributed by atoms with E-state index in [1.807, 2.05) is 5.38 Å². The van der Waals surface area contributed by atoms with Crippen molar-refractivity contribution in [2.45, 2.75) is 43.9 Å². The monoisotopic (exact) mass is 291 g/mol. The molecule has 5 heteroatoms. The van der Waals surface area contributed by atoms with Crippen LogP contribution in [0, 0.1) is 0 Å². The van der Waals surface area contributed by atoms with Crippen LogP contribution >= 0.6 is 34.5 Å². The molecule has 2 bridgehead atoms. The number of ether oxygens (including phenoxy) is 1. The van der Waals surface area contributed by atoms with Gasteiger partial charge in [-0.2, -0.15) is 0 Å². The van der Waals surface area contributed by atoms with E-state index in [2.05, 4.69) is 11.9 Å². The third kappa shape index (κ3) is 2.19. The minimum atomic E-state index is 0.302. The van der Waals surface area contributed by atoms with Crippen molar-refractivity contribution in [2.75, 3.05) is 7.05 Å². The van der Waals surface area contributed by atoms with Crippen LogP contribution < -0.4 is 4.74 Å². The maximum atomic E-state index is 6.09. The lowest BCUT2D eigenvalue weighted by molar-refractivity contribution is 0.0686. The molecule has 2 aliphatic heterocycles. The Morgan fingerprint density at radius 1 is 1.29 bits per heavy atom. The van der Waals surface area contributed by atoms with Crippen LogP contribution in [0.2, 0.25) is 10.0 Å². The number of halogens is 2. The molecule has 1 aromatic rings. The molecular formula is C12H15Cl2NOS. The SMILES string of the molecule is CN1[C@@H]2CC[C@H]1C[C@@H](Oc1scc(Cl)c1Cl)C2. The molecule has 3 atom stereocenters. The lowest BCUT2D eigenvalue weighted by Gasteiger charge is -2.36. The van der Waals surface area contributed by atoms with E-state index in [-0.39, 0.29) is 0 Å². The van der Waals surface area contributed by atoms with Gasteiger partial charge in [0.1, 0.15) is 11.1 Å². The van der Waals surface area contributed by atoms with Gasteiger partial charge in [0.15, 0.2) is 5.06 Å². The van der Waals surface area contributed by atoms with Gasteiger partial charge in [-0.25, -0.2) is 0 Å². The first-order valence-corrected chi connectivity index (χ1v) is 7.59. The van der Waals surface area contributed by atoms with Crippen molar-refractivity contribution in [1.29, 1.82) is 0 Å². The third-order valence-corrected chi connectivity index (χ3v) is 5.87. The first-order valence-electron chi connectivity index (χ1n) is 5.96. The highest BCUT2D eigenvalue weighted by molar-refractivity contribution is 7.13. The molecule has 0 amide bonds. The van der Waals surface area contributed by atoms with Gasteiger partial charge in [0.05, 0.1) is 5.02 Å². The van der Waals surface area contributed by atoms with Crippen molar-refractivity contribution >= 4 is 34.5 Å². The molecule has 0 N–H and O–H groups in total. The summed E-state index contributed by atoms with van der Waals surface area (Å²) in [5, 5.41) is 3.79. The molecule has 3 heterocycles. The summed E-state index contributed by atoms with van der Waals surface area (Å²) in [6, 6.07) is 1.38. The van der Waals surface area contributed by atoms with Gasteiger partial charge in [-0.15, -0.1) is 11.3 Å². The van der Waals surface area contributed by atoms with Gasteiger partial charge < -0.3 is 9.64 Å². The highest BCUT2D eigenvalue weighted by atomic mass is 35.5. The maximum absolute atomic E-state index is 6.09. The summed E-state index contributed by atoms with van der Waals surface area (Å²) in [5.41, 5.74) is 0. The van der Waals surface area contributed by atoms with Gasteiger partial charge in [0.25, 0.3) is 0 Å². The van der Waals surface area contributed by atoms with Gasteiger partial charge >= 0.3 is 0 Å². The van der Waals surface area contributed by atoms with Crippen LogP contribution in [0.5, 0.6) is 5.06 Å². The van der Waals surface area contributed by atoms with Crippen LogP contribution in [0.15, 0.2) is 5.38 Å². The fraction of sp³-hybridized carbons (Fsp3) is 0.667. The van der Waals surface area contributed by atoms with Gasteiger partial charge in [-0.1, -0.05) is 23.2 Å². The van der Waals surface area contributed by atoms with Gasteiger partial charge in [-0.3, -0.25) is 0 Å². The van der Waals surface area contributed by atoms with Gasteiger partial charge in [-0.05, 0) is 32.7 Å². The van der Waals surface area contributed by atoms with Crippen molar-refractivity contribution in [1.82, 2.24) is 4.90 Å². The maximum Gasteiger partial charge on any atom is 0.194 e. The van der Waals surface area contributed by atoms with E-state index in [0.29, 0.717) is 28.2 Å². The van der Waals surface area contributed by atoms with Crippen molar-refractivity contribution in [2.24, 2.45) is 0 Å². The van der Waals surface area contributed by atoms with E-state index in [1.54, 1.807) is 0 Å². The molecular weight excluding hydrogens is 277 g/mol. The first kappa shape index (κ1) is 12.1. The minimum Gasteiger partial charge on any atom is -0.479 e. The van der Waals surface area contributed by atoms with Crippen molar-refractivity contribution in [3.8, 4) is 5.06 Å². The molecule has 0 saturated carbocycles. The highest BCUT2D eigenvalue weighted by Gasteiger charge is 2.39. The standard InChI is InChI=1S/C12H15Cl2NOS/c1-15-7-2-3-8(15)5-9(4-7)16-12-11(14)10(13)6-17-12/h6-9H,2-5H2,1H3/t7-,8+,9+. The number of piperidine rings is 1. The summed E-state index contributed by atoms with van der Waals surface area (Å²) in [7, 11) is 2.23. The lowest BCUT2D eigenvalue weighted by atomic mass is 10.0. The third-order valence-electron chi connectivity index (χ3n) is 3.99. The number of nitrogens with zero attached hydrogens (tertiary/aromatic N) is 1. The number of hydrogen-bond acceptors (Lipinski definition) is 3. The van der Waals surface area contributed by atoms with Crippen LogP contribution in [0.3, 0.4) is 0 Å². The van der Waals surface area contributed by atoms with Crippen LogP contribution in [-0.4, -0.2) is 30.1 Å². The number of hydrogen-bond donors (Lipinski definition) is 0. The fourth-order valence-electron chi connectivity index (χ4n) is 2.99. The summed E-state index contributed by atoms with van der Waals surface area (Å²) in [6.45, 7) is 0. The average molecular weight is 292 g/mol. The minimum absolute atomic E-state index is 0.302. The molecule has 3 rings (SSSR count). The van der Waals surface area contributed by atoms with Crippen LogP contribution in [0.4, 0.5) is 0 Å². The Kier molecular flexibility index (Phi) is 3.28. The Labute approximate surface area is 115 Å². The highest BCUT2D eigenvalue weighted by Crippen LogP contribution is 2.42. The Morgan fingerprint density at radius 2 is 1.94 bits per heavy atom. The van der Waals surface area contributed by atoms with E-state index < -0.39 is 0 Å².